The number of H-pyrrole nitrogens is 1. The van der Waals surface area contributed by atoms with Crippen LogP contribution >= 0.6 is 0 Å². The standard InChI is InChI=1S/C13H20N6O/c1-8-10(7-16-17-8)5-4-6-15-13(20)12-11(14)9(2)18-19(12)3/h7H,4-6,14H2,1-3H3,(H,15,20)(H,16,17). The lowest BCUT2D eigenvalue weighted by Gasteiger charge is -2.06. The van der Waals surface area contributed by atoms with Gasteiger partial charge in [0.1, 0.15) is 5.69 Å². The van der Waals surface area contributed by atoms with Crippen LogP contribution in [-0.2, 0) is 13.5 Å². The second-order valence-electron chi connectivity index (χ2n) is 4.85. The molecule has 1 amide bonds. The molecule has 7 heteroatoms. The van der Waals surface area contributed by atoms with E-state index in [2.05, 4.69) is 20.6 Å². The van der Waals surface area contributed by atoms with Gasteiger partial charge in [-0.3, -0.25) is 14.6 Å². The van der Waals surface area contributed by atoms with Crippen molar-refractivity contribution in [2.45, 2.75) is 26.7 Å². The number of nitrogens with zero attached hydrogens (tertiary/aromatic N) is 3. The second kappa shape index (κ2) is 5.77. The molecule has 108 valence electrons. The predicted octanol–water partition coefficient (Wildman–Crippen LogP) is 0.705. The molecule has 0 fully saturated rings. The van der Waals surface area contributed by atoms with E-state index in [-0.39, 0.29) is 5.91 Å². The summed E-state index contributed by atoms with van der Waals surface area (Å²) in [6.45, 7) is 4.36. The van der Waals surface area contributed by atoms with Crippen molar-refractivity contribution in [3.63, 3.8) is 0 Å². The molecule has 0 aliphatic heterocycles. The average molecular weight is 276 g/mol. The molecule has 0 aliphatic carbocycles. The van der Waals surface area contributed by atoms with E-state index in [0.717, 1.165) is 18.5 Å². The van der Waals surface area contributed by atoms with Gasteiger partial charge in [0.15, 0.2) is 0 Å². The first-order chi connectivity index (χ1) is 9.50. The number of nitrogen functional groups attached to an aromatic ring is 1. The van der Waals surface area contributed by atoms with Crippen molar-refractivity contribution in [1.82, 2.24) is 25.3 Å². The van der Waals surface area contributed by atoms with Crippen molar-refractivity contribution in [2.75, 3.05) is 12.3 Å². The molecule has 7 nitrogen and oxygen atoms in total. The summed E-state index contributed by atoms with van der Waals surface area (Å²) < 4.78 is 1.51. The molecule has 0 aromatic carbocycles. The summed E-state index contributed by atoms with van der Waals surface area (Å²) >= 11 is 0. The monoisotopic (exact) mass is 276 g/mol. The first-order valence-corrected chi connectivity index (χ1v) is 6.56. The Balaban J connectivity index is 1.85. The van der Waals surface area contributed by atoms with Crippen molar-refractivity contribution in [2.24, 2.45) is 7.05 Å². The van der Waals surface area contributed by atoms with Crippen LogP contribution in [0.15, 0.2) is 6.20 Å². The SMILES string of the molecule is Cc1nn(C)c(C(=O)NCCCc2cn[nH]c2C)c1N. The van der Waals surface area contributed by atoms with Gasteiger partial charge in [0.25, 0.3) is 5.91 Å². The van der Waals surface area contributed by atoms with E-state index < -0.39 is 0 Å². The van der Waals surface area contributed by atoms with Gasteiger partial charge in [-0.25, -0.2) is 0 Å². The molecule has 20 heavy (non-hydrogen) atoms. The number of anilines is 1. The van der Waals surface area contributed by atoms with Crippen molar-refractivity contribution in [3.05, 3.63) is 28.8 Å². The number of nitrogens with one attached hydrogen (secondary N) is 2. The number of rotatable bonds is 5. The maximum Gasteiger partial charge on any atom is 0.271 e. The highest BCUT2D eigenvalue weighted by Crippen LogP contribution is 2.14. The molecule has 0 saturated heterocycles. The minimum Gasteiger partial charge on any atom is -0.395 e. The van der Waals surface area contributed by atoms with Crippen LogP contribution < -0.4 is 11.1 Å². The molecule has 4 N–H and O–H groups in total. The predicted molar refractivity (Wildman–Crippen MR) is 76.3 cm³/mol. The molecule has 0 aliphatic rings. The van der Waals surface area contributed by atoms with E-state index in [1.54, 1.807) is 14.0 Å². The molecule has 0 bridgehead atoms. The lowest BCUT2D eigenvalue weighted by Crippen LogP contribution is -2.27. The largest absolute Gasteiger partial charge is 0.395 e. The van der Waals surface area contributed by atoms with Gasteiger partial charge in [-0.15, -0.1) is 0 Å². The highest BCUT2D eigenvalue weighted by Gasteiger charge is 2.17. The first kappa shape index (κ1) is 14.1. The van der Waals surface area contributed by atoms with Crippen LogP contribution in [0.1, 0.15) is 33.9 Å². The van der Waals surface area contributed by atoms with Gasteiger partial charge >= 0.3 is 0 Å². The maximum atomic E-state index is 12.1. The summed E-state index contributed by atoms with van der Waals surface area (Å²) in [5.41, 5.74) is 9.63. The fraction of sp³-hybridized carbons (Fsp3) is 0.462. The van der Waals surface area contributed by atoms with E-state index in [4.69, 9.17) is 5.73 Å². The Hall–Kier alpha value is -2.31. The van der Waals surface area contributed by atoms with Crippen LogP contribution in [0, 0.1) is 13.8 Å². The highest BCUT2D eigenvalue weighted by molar-refractivity contribution is 5.97. The molecule has 2 aromatic heterocycles. The van der Waals surface area contributed by atoms with Crippen LogP contribution in [0.4, 0.5) is 5.69 Å². The topological polar surface area (TPSA) is 102 Å². The number of carbonyl (C=O) groups excluding carboxylic acids is 1. The molecule has 0 atom stereocenters. The Kier molecular flexibility index (Phi) is 4.07. The zero-order valence-electron chi connectivity index (χ0n) is 12.0. The van der Waals surface area contributed by atoms with Crippen molar-refractivity contribution >= 4 is 11.6 Å². The van der Waals surface area contributed by atoms with Gasteiger partial charge < -0.3 is 11.1 Å². The number of nitrogens with two attached hydrogens (primary N) is 1. The van der Waals surface area contributed by atoms with Gasteiger partial charge in [0, 0.05) is 19.3 Å². The number of hydrogen-bond acceptors (Lipinski definition) is 4. The van der Waals surface area contributed by atoms with Gasteiger partial charge in [-0.1, -0.05) is 0 Å². The zero-order valence-corrected chi connectivity index (χ0v) is 12.0. The summed E-state index contributed by atoms with van der Waals surface area (Å²) in [6, 6.07) is 0. The summed E-state index contributed by atoms with van der Waals surface area (Å²) in [5, 5.41) is 13.9. The lowest BCUT2D eigenvalue weighted by atomic mass is 10.1. The van der Waals surface area contributed by atoms with E-state index in [9.17, 15) is 4.79 Å². The third-order valence-electron chi connectivity index (χ3n) is 3.33. The smallest absolute Gasteiger partial charge is 0.271 e. The molecule has 2 rings (SSSR count). The minimum atomic E-state index is -0.186. The number of aromatic amines is 1. The van der Waals surface area contributed by atoms with Crippen LogP contribution in [0.5, 0.6) is 0 Å². The summed E-state index contributed by atoms with van der Waals surface area (Å²) in [4.78, 5) is 12.1. The summed E-state index contributed by atoms with van der Waals surface area (Å²) in [6.07, 6.45) is 3.55. The van der Waals surface area contributed by atoms with E-state index in [0.29, 0.717) is 23.6 Å². The molecule has 0 spiro atoms. The van der Waals surface area contributed by atoms with Crippen molar-refractivity contribution in [3.8, 4) is 0 Å². The molecule has 0 radical (unpaired) electrons. The van der Waals surface area contributed by atoms with Gasteiger partial charge in [0.2, 0.25) is 0 Å². The van der Waals surface area contributed by atoms with Crippen LogP contribution in [0.3, 0.4) is 0 Å². The van der Waals surface area contributed by atoms with E-state index in [1.165, 1.54) is 10.2 Å². The molecular formula is C13H20N6O. The molecule has 2 heterocycles. The fourth-order valence-corrected chi connectivity index (χ4v) is 2.14. The van der Waals surface area contributed by atoms with Crippen molar-refractivity contribution < 1.29 is 4.79 Å². The van der Waals surface area contributed by atoms with Gasteiger partial charge in [-0.2, -0.15) is 10.2 Å². The lowest BCUT2D eigenvalue weighted by molar-refractivity contribution is 0.0945. The second-order valence-corrected chi connectivity index (χ2v) is 4.85. The Morgan fingerprint density at radius 3 is 2.80 bits per heavy atom. The third-order valence-corrected chi connectivity index (χ3v) is 3.33. The Bertz CT molecular complexity index is 612. The van der Waals surface area contributed by atoms with Crippen molar-refractivity contribution in [1.29, 1.82) is 0 Å². The van der Waals surface area contributed by atoms with E-state index in [1.807, 2.05) is 13.1 Å². The molecule has 0 unspecified atom stereocenters. The van der Waals surface area contributed by atoms with E-state index >= 15 is 0 Å². The fourth-order valence-electron chi connectivity index (χ4n) is 2.14. The van der Waals surface area contributed by atoms with Crippen LogP contribution in [0.25, 0.3) is 0 Å². The Morgan fingerprint density at radius 2 is 2.25 bits per heavy atom. The quantitative estimate of drug-likeness (QED) is 0.700. The minimum absolute atomic E-state index is 0.186. The van der Waals surface area contributed by atoms with Crippen LogP contribution in [-0.4, -0.2) is 32.4 Å². The Labute approximate surface area is 117 Å². The summed E-state index contributed by atoms with van der Waals surface area (Å²) in [7, 11) is 1.72. The normalized spacial score (nSPS) is 10.8. The molecular weight excluding hydrogens is 256 g/mol. The number of hydrogen-bond donors (Lipinski definition) is 3. The highest BCUT2D eigenvalue weighted by atomic mass is 16.2. The molecule has 0 saturated carbocycles. The number of aromatic nitrogens is 4. The summed E-state index contributed by atoms with van der Waals surface area (Å²) in [5.74, 6) is -0.186. The first-order valence-electron chi connectivity index (χ1n) is 6.56. The molecule has 2 aromatic rings. The number of amides is 1. The number of aryl methyl sites for hydroxylation is 4. The van der Waals surface area contributed by atoms with Crippen LogP contribution in [0.2, 0.25) is 0 Å². The maximum absolute atomic E-state index is 12.1. The average Bonchev–Trinajstić information content (AvgIpc) is 2.90. The van der Waals surface area contributed by atoms with Gasteiger partial charge in [-0.05, 0) is 32.3 Å². The Morgan fingerprint density at radius 1 is 1.50 bits per heavy atom. The third kappa shape index (κ3) is 2.81. The zero-order chi connectivity index (χ0) is 14.7. The van der Waals surface area contributed by atoms with Gasteiger partial charge in [0.05, 0.1) is 17.6 Å². The number of carbonyl (C=O) groups is 1.